The number of halogens is 1. The van der Waals surface area contributed by atoms with Gasteiger partial charge in [-0.2, -0.15) is 0 Å². The van der Waals surface area contributed by atoms with Crippen LogP contribution in [0.1, 0.15) is 19.4 Å². The molecule has 0 fully saturated rings. The van der Waals surface area contributed by atoms with Crippen molar-refractivity contribution in [1.82, 2.24) is 19.5 Å². The molecule has 2 heterocycles. The van der Waals surface area contributed by atoms with Crippen LogP contribution in [0, 0.1) is 0 Å². The lowest BCUT2D eigenvalue weighted by atomic mass is 10.2. The average Bonchev–Trinajstić information content (AvgIpc) is 2.77. The summed E-state index contributed by atoms with van der Waals surface area (Å²) in [7, 11) is 0. The van der Waals surface area contributed by atoms with Gasteiger partial charge in [-0.25, -0.2) is 15.0 Å². The van der Waals surface area contributed by atoms with E-state index < -0.39 is 0 Å². The summed E-state index contributed by atoms with van der Waals surface area (Å²) < 4.78 is 2.71. The van der Waals surface area contributed by atoms with Crippen molar-refractivity contribution in [3.05, 3.63) is 40.6 Å². The highest BCUT2D eigenvalue weighted by Crippen LogP contribution is 2.27. The van der Waals surface area contributed by atoms with Gasteiger partial charge in [-0.15, -0.1) is 0 Å². The van der Waals surface area contributed by atoms with Crippen molar-refractivity contribution in [3.63, 3.8) is 0 Å². The average molecular weight is 378 g/mol. The molecule has 0 aliphatic heterocycles. The Labute approximate surface area is 141 Å². The number of benzene rings is 1. The first-order valence-electron chi connectivity index (χ1n) is 6.94. The minimum atomic E-state index is 0.394. The summed E-state index contributed by atoms with van der Waals surface area (Å²) in [5.74, 6) is 0.417. The molecule has 114 valence electrons. The lowest BCUT2D eigenvalue weighted by Crippen LogP contribution is -2.04. The normalized spacial score (nSPS) is 11.5. The number of thioether (sulfide) groups is 1. The van der Waals surface area contributed by atoms with Crippen LogP contribution in [0.3, 0.4) is 0 Å². The molecule has 0 saturated heterocycles. The summed E-state index contributed by atoms with van der Waals surface area (Å²) in [5.41, 5.74) is 8.62. The molecule has 0 radical (unpaired) electrons. The lowest BCUT2D eigenvalue weighted by Gasteiger charge is -2.08. The molecule has 0 atom stereocenters. The first-order valence-corrected chi connectivity index (χ1v) is 8.61. The van der Waals surface area contributed by atoms with Crippen molar-refractivity contribution in [2.75, 3.05) is 5.73 Å². The summed E-state index contributed by atoms with van der Waals surface area (Å²) in [6.45, 7) is 4.89. The van der Waals surface area contributed by atoms with E-state index in [1.807, 2.05) is 22.8 Å². The maximum Gasteiger partial charge on any atom is 0.191 e. The summed E-state index contributed by atoms with van der Waals surface area (Å²) in [6, 6.07) is 10.2. The number of nitrogens with two attached hydrogens (primary N) is 1. The molecule has 3 aromatic rings. The third-order valence-corrected chi connectivity index (χ3v) is 4.55. The minimum absolute atomic E-state index is 0.394. The Morgan fingerprint density at radius 2 is 1.91 bits per heavy atom. The van der Waals surface area contributed by atoms with Crippen molar-refractivity contribution in [3.8, 4) is 0 Å². The number of hydrogen-bond acceptors (Lipinski definition) is 5. The van der Waals surface area contributed by atoms with Gasteiger partial charge in [0.1, 0.15) is 0 Å². The number of imidazole rings is 1. The standard InChI is InChI=1S/C15H16BrN5S/c1-9(2)22-15-19-12(17)11-13(20-15)21(14(16)18-11)8-10-6-4-3-5-7-10/h3-7,9H,8H2,1-2H3,(H2,17,19,20). The first kappa shape index (κ1) is 15.3. The Morgan fingerprint density at radius 3 is 2.59 bits per heavy atom. The fourth-order valence-corrected chi connectivity index (χ4v) is 3.33. The van der Waals surface area contributed by atoms with Crippen LogP contribution in [0.25, 0.3) is 11.2 Å². The van der Waals surface area contributed by atoms with Crippen molar-refractivity contribution in [1.29, 1.82) is 0 Å². The topological polar surface area (TPSA) is 69.6 Å². The maximum atomic E-state index is 6.05. The van der Waals surface area contributed by atoms with Crippen LogP contribution >= 0.6 is 27.7 Å². The summed E-state index contributed by atoms with van der Waals surface area (Å²) in [4.78, 5) is 13.4. The molecule has 0 aliphatic rings. The first-order chi connectivity index (χ1) is 10.5. The van der Waals surface area contributed by atoms with Crippen LogP contribution in [-0.2, 0) is 6.54 Å². The Hall–Kier alpha value is -1.60. The van der Waals surface area contributed by atoms with Gasteiger partial charge in [0.05, 0.1) is 6.54 Å². The van der Waals surface area contributed by atoms with E-state index in [2.05, 4.69) is 56.9 Å². The van der Waals surface area contributed by atoms with E-state index >= 15 is 0 Å². The Balaban J connectivity index is 2.09. The van der Waals surface area contributed by atoms with Crippen LogP contribution in [-0.4, -0.2) is 24.8 Å². The Kier molecular flexibility index (Phi) is 4.35. The number of hydrogen-bond donors (Lipinski definition) is 1. The zero-order valence-electron chi connectivity index (χ0n) is 12.3. The van der Waals surface area contributed by atoms with Crippen LogP contribution in [0.4, 0.5) is 5.82 Å². The van der Waals surface area contributed by atoms with Gasteiger partial charge in [-0.3, -0.25) is 4.57 Å². The summed E-state index contributed by atoms with van der Waals surface area (Å²) in [5, 5.41) is 1.08. The van der Waals surface area contributed by atoms with Gasteiger partial charge in [0.2, 0.25) is 0 Å². The van der Waals surface area contributed by atoms with Crippen LogP contribution < -0.4 is 5.73 Å². The van der Waals surface area contributed by atoms with E-state index in [9.17, 15) is 0 Å². The molecular formula is C15H16BrN5S. The molecule has 7 heteroatoms. The largest absolute Gasteiger partial charge is 0.382 e. The van der Waals surface area contributed by atoms with E-state index in [-0.39, 0.29) is 0 Å². The maximum absolute atomic E-state index is 6.05. The number of anilines is 1. The molecule has 22 heavy (non-hydrogen) atoms. The lowest BCUT2D eigenvalue weighted by molar-refractivity contribution is 0.783. The van der Waals surface area contributed by atoms with Gasteiger partial charge >= 0.3 is 0 Å². The number of fused-ring (bicyclic) bond motifs is 1. The fourth-order valence-electron chi connectivity index (χ4n) is 2.14. The van der Waals surface area contributed by atoms with Crippen molar-refractivity contribution in [2.24, 2.45) is 0 Å². The number of nitrogens with zero attached hydrogens (tertiary/aromatic N) is 4. The molecule has 0 spiro atoms. The molecule has 0 saturated carbocycles. The van der Waals surface area contributed by atoms with E-state index in [0.717, 1.165) is 5.65 Å². The zero-order chi connectivity index (χ0) is 15.7. The fraction of sp³-hybridized carbons (Fsp3) is 0.267. The SMILES string of the molecule is CC(C)Sc1nc(N)c2nc(Br)n(Cc3ccccc3)c2n1. The van der Waals surface area contributed by atoms with Gasteiger partial charge < -0.3 is 5.73 Å². The van der Waals surface area contributed by atoms with Gasteiger partial charge in [0.15, 0.2) is 26.9 Å². The molecule has 0 amide bonds. The predicted molar refractivity (Wildman–Crippen MR) is 94.0 cm³/mol. The number of rotatable bonds is 4. The van der Waals surface area contributed by atoms with Gasteiger partial charge in [0, 0.05) is 5.25 Å². The molecule has 1 aromatic carbocycles. The van der Waals surface area contributed by atoms with Gasteiger partial charge in [0.25, 0.3) is 0 Å². The number of aromatic nitrogens is 4. The number of nitrogen functional groups attached to an aromatic ring is 1. The van der Waals surface area contributed by atoms with Crippen LogP contribution in [0.5, 0.6) is 0 Å². The summed E-state index contributed by atoms with van der Waals surface area (Å²) >= 11 is 5.09. The van der Waals surface area contributed by atoms with Crippen LogP contribution in [0.2, 0.25) is 0 Å². The highest BCUT2D eigenvalue weighted by Gasteiger charge is 2.16. The third kappa shape index (κ3) is 3.10. The zero-order valence-corrected chi connectivity index (χ0v) is 14.7. The van der Waals surface area contributed by atoms with Crippen molar-refractivity contribution < 1.29 is 0 Å². The molecule has 0 bridgehead atoms. The van der Waals surface area contributed by atoms with Crippen LogP contribution in [0.15, 0.2) is 40.2 Å². The highest BCUT2D eigenvalue weighted by molar-refractivity contribution is 9.10. The highest BCUT2D eigenvalue weighted by atomic mass is 79.9. The Bertz CT molecular complexity index is 801. The second-order valence-corrected chi connectivity index (χ2v) is 7.44. The molecular weight excluding hydrogens is 362 g/mol. The van der Waals surface area contributed by atoms with Crippen molar-refractivity contribution in [2.45, 2.75) is 30.8 Å². The second-order valence-electron chi connectivity index (χ2n) is 5.18. The summed E-state index contributed by atoms with van der Waals surface area (Å²) in [6.07, 6.45) is 0. The van der Waals surface area contributed by atoms with E-state index in [4.69, 9.17) is 5.73 Å². The quantitative estimate of drug-likeness (QED) is 0.426. The molecule has 5 nitrogen and oxygen atoms in total. The van der Waals surface area contributed by atoms with E-state index in [1.54, 1.807) is 11.8 Å². The molecule has 2 aromatic heterocycles. The van der Waals surface area contributed by atoms with Crippen molar-refractivity contribution >= 4 is 44.7 Å². The Morgan fingerprint density at radius 1 is 1.18 bits per heavy atom. The van der Waals surface area contributed by atoms with Gasteiger partial charge in [-0.1, -0.05) is 55.9 Å². The van der Waals surface area contributed by atoms with E-state index in [0.29, 0.717) is 33.0 Å². The predicted octanol–water partition coefficient (Wildman–Crippen LogP) is 3.72. The second kappa shape index (κ2) is 6.26. The smallest absolute Gasteiger partial charge is 0.191 e. The third-order valence-electron chi connectivity index (χ3n) is 3.08. The molecule has 0 unspecified atom stereocenters. The molecule has 3 rings (SSSR count). The monoisotopic (exact) mass is 377 g/mol. The van der Waals surface area contributed by atoms with Gasteiger partial charge in [-0.05, 0) is 21.5 Å². The minimum Gasteiger partial charge on any atom is -0.382 e. The molecule has 0 aliphatic carbocycles. The molecule has 2 N–H and O–H groups in total. The van der Waals surface area contributed by atoms with E-state index in [1.165, 1.54) is 5.56 Å².